The maximum atomic E-state index is 7.57. The Hall–Kier alpha value is -2.12. The molecule has 1 heteroatoms. The van der Waals surface area contributed by atoms with Crippen LogP contribution in [0.4, 0.5) is 0 Å². The van der Waals surface area contributed by atoms with Crippen molar-refractivity contribution in [1.29, 1.82) is 0 Å². The minimum atomic E-state index is 0.250. The summed E-state index contributed by atoms with van der Waals surface area (Å²) < 4.78 is 0. The molecule has 0 saturated heterocycles. The molecule has 0 spiro atoms. The van der Waals surface area contributed by atoms with E-state index in [0.717, 1.165) is 0 Å². The van der Waals surface area contributed by atoms with Gasteiger partial charge in [0.05, 0.1) is 0 Å². The third-order valence-electron chi connectivity index (χ3n) is 2.45. The van der Waals surface area contributed by atoms with Crippen LogP contribution in [0, 0.1) is 0 Å². The predicted molar refractivity (Wildman–Crippen MR) is 82.9 cm³/mol. The second kappa shape index (κ2) is 8.90. The lowest BCUT2D eigenvalue weighted by molar-refractivity contribution is 0.318. The summed E-state index contributed by atoms with van der Waals surface area (Å²) >= 11 is 0. The first-order chi connectivity index (χ1) is 9.33. The molecular weight excluding hydrogens is 232 g/mol. The molecule has 0 bridgehead atoms. The van der Waals surface area contributed by atoms with E-state index < -0.39 is 0 Å². The Labute approximate surface area is 115 Å². The van der Waals surface area contributed by atoms with Crippen molar-refractivity contribution in [3.05, 3.63) is 90.5 Å². The van der Waals surface area contributed by atoms with Crippen molar-refractivity contribution in [2.45, 2.75) is 6.92 Å². The Balaban J connectivity index is 0.000000550. The number of aliphatic hydroxyl groups excluding tert-OH is 1. The van der Waals surface area contributed by atoms with Crippen molar-refractivity contribution in [3.8, 4) is 0 Å². The molecule has 0 heterocycles. The number of rotatable bonds is 3. The summed E-state index contributed by atoms with van der Waals surface area (Å²) in [7, 11) is 0. The average Bonchev–Trinajstić information content (AvgIpc) is 2.47. The Morgan fingerprint density at radius 1 is 0.947 bits per heavy atom. The van der Waals surface area contributed by atoms with Gasteiger partial charge in [0.2, 0.25) is 0 Å². The van der Waals surface area contributed by atoms with Crippen molar-refractivity contribution in [2.75, 3.05) is 6.61 Å². The molecule has 2 aromatic rings. The van der Waals surface area contributed by atoms with E-state index in [1.807, 2.05) is 24.3 Å². The second-order valence-electron chi connectivity index (χ2n) is 3.86. The Kier molecular flexibility index (Phi) is 7.00. The summed E-state index contributed by atoms with van der Waals surface area (Å²) in [6.07, 6.45) is 3.88. The van der Waals surface area contributed by atoms with Gasteiger partial charge in [-0.2, -0.15) is 0 Å². The smallest absolute Gasteiger partial charge is 0.0402 e. The number of hydrogen-bond donors (Lipinski definition) is 1. The highest BCUT2D eigenvalue weighted by Gasteiger charge is 2.01. The molecule has 0 aliphatic heterocycles. The predicted octanol–water partition coefficient (Wildman–Crippen LogP) is 4.30. The summed E-state index contributed by atoms with van der Waals surface area (Å²) in [6, 6.07) is 20.7. The van der Waals surface area contributed by atoms with Gasteiger partial charge in [0.1, 0.15) is 0 Å². The van der Waals surface area contributed by atoms with E-state index in [1.54, 1.807) is 6.92 Å². The van der Waals surface area contributed by atoms with E-state index in [1.165, 1.54) is 16.7 Å². The molecule has 0 atom stereocenters. The largest absolute Gasteiger partial charge is 0.397 e. The van der Waals surface area contributed by atoms with E-state index in [0.29, 0.717) is 0 Å². The molecule has 0 aliphatic rings. The molecule has 0 fully saturated rings. The van der Waals surface area contributed by atoms with Crippen LogP contribution < -0.4 is 0 Å². The topological polar surface area (TPSA) is 20.2 Å². The summed E-state index contributed by atoms with van der Waals surface area (Å²) in [5.74, 6) is 0. The normalized spacial score (nSPS) is 8.95. The van der Waals surface area contributed by atoms with Crippen LogP contribution >= 0.6 is 0 Å². The van der Waals surface area contributed by atoms with Gasteiger partial charge in [-0.25, -0.2) is 0 Å². The van der Waals surface area contributed by atoms with E-state index in [-0.39, 0.29) is 6.61 Å². The van der Waals surface area contributed by atoms with Crippen LogP contribution in [0.3, 0.4) is 0 Å². The Morgan fingerprint density at radius 3 is 1.63 bits per heavy atom. The third-order valence-corrected chi connectivity index (χ3v) is 2.45. The maximum absolute atomic E-state index is 7.57. The van der Waals surface area contributed by atoms with Crippen molar-refractivity contribution in [2.24, 2.45) is 0 Å². The van der Waals surface area contributed by atoms with E-state index in [2.05, 4.69) is 55.1 Å². The van der Waals surface area contributed by atoms with Gasteiger partial charge >= 0.3 is 0 Å². The number of hydrogen-bond acceptors (Lipinski definition) is 1. The standard InChI is InChI=1S/C16H14.C2H6O/c1-2-9-16(14-10-5-3-6-11-14)15-12-7-4-8-13-15;1-2-3/h2-13H,1H2;3H,2H2,1H3. The third kappa shape index (κ3) is 4.94. The first kappa shape index (κ1) is 14.9. The van der Waals surface area contributed by atoms with Crippen molar-refractivity contribution in [1.82, 2.24) is 0 Å². The number of allylic oxidation sites excluding steroid dienone is 2. The van der Waals surface area contributed by atoms with E-state index in [4.69, 9.17) is 5.11 Å². The lowest BCUT2D eigenvalue weighted by atomic mass is 9.98. The monoisotopic (exact) mass is 252 g/mol. The molecule has 0 radical (unpaired) electrons. The maximum Gasteiger partial charge on any atom is 0.0402 e. The van der Waals surface area contributed by atoms with Crippen molar-refractivity contribution in [3.63, 3.8) is 0 Å². The van der Waals surface area contributed by atoms with Gasteiger partial charge in [-0.3, -0.25) is 0 Å². The SMILES string of the molecule is C=CC=C(c1ccccc1)c1ccccc1.CCO. The molecule has 19 heavy (non-hydrogen) atoms. The Bertz CT molecular complexity index is 456. The highest BCUT2D eigenvalue weighted by Crippen LogP contribution is 2.22. The van der Waals surface area contributed by atoms with Crippen LogP contribution in [0.25, 0.3) is 5.57 Å². The van der Waals surface area contributed by atoms with Gasteiger partial charge in [-0.1, -0.05) is 79.4 Å². The summed E-state index contributed by atoms with van der Waals surface area (Å²) in [5, 5.41) is 7.57. The number of benzene rings is 2. The van der Waals surface area contributed by atoms with Crippen LogP contribution in [0.15, 0.2) is 79.4 Å². The fourth-order valence-electron chi connectivity index (χ4n) is 1.71. The summed E-state index contributed by atoms with van der Waals surface area (Å²) in [4.78, 5) is 0. The first-order valence-electron chi connectivity index (χ1n) is 6.37. The molecule has 1 N–H and O–H groups in total. The fourth-order valence-corrected chi connectivity index (χ4v) is 1.71. The van der Waals surface area contributed by atoms with Gasteiger partial charge in [0, 0.05) is 6.61 Å². The molecule has 0 aliphatic carbocycles. The molecule has 0 saturated carbocycles. The minimum absolute atomic E-state index is 0.250. The molecule has 2 aromatic carbocycles. The van der Waals surface area contributed by atoms with Crippen LogP contribution in [0.1, 0.15) is 18.1 Å². The van der Waals surface area contributed by atoms with Gasteiger partial charge < -0.3 is 5.11 Å². The van der Waals surface area contributed by atoms with Crippen LogP contribution in [0.2, 0.25) is 0 Å². The first-order valence-corrected chi connectivity index (χ1v) is 6.37. The zero-order valence-electron chi connectivity index (χ0n) is 11.3. The molecule has 1 nitrogen and oxygen atoms in total. The zero-order valence-corrected chi connectivity index (χ0v) is 11.3. The molecule has 0 unspecified atom stereocenters. The lowest BCUT2D eigenvalue weighted by Gasteiger charge is -2.07. The van der Waals surface area contributed by atoms with Crippen LogP contribution in [0.5, 0.6) is 0 Å². The Morgan fingerprint density at radius 2 is 1.32 bits per heavy atom. The minimum Gasteiger partial charge on any atom is -0.397 e. The van der Waals surface area contributed by atoms with Gasteiger partial charge in [-0.05, 0) is 23.6 Å². The van der Waals surface area contributed by atoms with Crippen LogP contribution in [-0.4, -0.2) is 11.7 Å². The van der Waals surface area contributed by atoms with E-state index >= 15 is 0 Å². The second-order valence-corrected chi connectivity index (χ2v) is 3.86. The highest BCUT2D eigenvalue weighted by atomic mass is 16.2. The van der Waals surface area contributed by atoms with Gasteiger partial charge in [0.15, 0.2) is 0 Å². The highest BCUT2D eigenvalue weighted by molar-refractivity contribution is 5.80. The quantitative estimate of drug-likeness (QED) is 0.807. The molecule has 2 rings (SSSR count). The molecular formula is C18H20O. The number of aliphatic hydroxyl groups is 1. The van der Waals surface area contributed by atoms with E-state index in [9.17, 15) is 0 Å². The lowest BCUT2D eigenvalue weighted by Crippen LogP contribution is -1.86. The molecule has 0 amide bonds. The summed E-state index contributed by atoms with van der Waals surface area (Å²) in [5.41, 5.74) is 3.64. The molecule has 0 aromatic heterocycles. The molecule has 98 valence electrons. The fraction of sp³-hybridized carbons (Fsp3) is 0.111. The summed E-state index contributed by atoms with van der Waals surface area (Å²) in [6.45, 7) is 5.71. The van der Waals surface area contributed by atoms with Crippen LogP contribution in [-0.2, 0) is 0 Å². The van der Waals surface area contributed by atoms with Crippen molar-refractivity contribution < 1.29 is 5.11 Å². The zero-order chi connectivity index (χ0) is 13.9. The van der Waals surface area contributed by atoms with Crippen molar-refractivity contribution >= 4 is 5.57 Å². The average molecular weight is 252 g/mol. The van der Waals surface area contributed by atoms with Gasteiger partial charge in [0.25, 0.3) is 0 Å². The van der Waals surface area contributed by atoms with Gasteiger partial charge in [-0.15, -0.1) is 0 Å².